The van der Waals surface area contributed by atoms with Crippen LogP contribution in [0, 0.1) is 0 Å². The second kappa shape index (κ2) is 6.19. The summed E-state index contributed by atoms with van der Waals surface area (Å²) < 4.78 is 0. The second-order valence-electron chi connectivity index (χ2n) is 3.99. The van der Waals surface area contributed by atoms with E-state index in [1.54, 1.807) is 18.5 Å². The van der Waals surface area contributed by atoms with Crippen LogP contribution in [-0.2, 0) is 0 Å². The lowest BCUT2D eigenvalue weighted by Gasteiger charge is -2.20. The Bertz CT molecular complexity index is 574. The number of nitrogens with zero attached hydrogens (tertiary/aromatic N) is 2. The molecule has 3 N–H and O–H groups in total. The zero-order valence-corrected chi connectivity index (χ0v) is 11.9. The van der Waals surface area contributed by atoms with Crippen molar-refractivity contribution in [2.75, 3.05) is 12.3 Å². The number of rotatable bonds is 4. The lowest BCUT2D eigenvalue weighted by atomic mass is 10.0. The van der Waals surface area contributed by atoms with Crippen LogP contribution in [0.4, 0.5) is 5.82 Å². The fourth-order valence-corrected chi connectivity index (χ4v) is 2.36. The molecule has 0 radical (unpaired) electrons. The van der Waals surface area contributed by atoms with E-state index in [9.17, 15) is 0 Å². The van der Waals surface area contributed by atoms with Crippen LogP contribution >= 0.6 is 23.2 Å². The average molecular weight is 297 g/mol. The summed E-state index contributed by atoms with van der Waals surface area (Å²) in [5.41, 5.74) is 7.46. The molecule has 0 amide bonds. The van der Waals surface area contributed by atoms with E-state index >= 15 is 0 Å². The normalized spacial score (nSPS) is 12.4. The van der Waals surface area contributed by atoms with E-state index in [0.29, 0.717) is 21.6 Å². The first kappa shape index (κ1) is 14.1. The van der Waals surface area contributed by atoms with Crippen molar-refractivity contribution in [1.82, 2.24) is 15.3 Å². The number of nitrogens with one attached hydrogen (secondary N) is 1. The van der Waals surface area contributed by atoms with Gasteiger partial charge in [0.25, 0.3) is 0 Å². The molecule has 100 valence electrons. The summed E-state index contributed by atoms with van der Waals surface area (Å²) in [6.07, 6.45) is 3.22. The number of nitrogen functional groups attached to an aromatic ring is 1. The summed E-state index contributed by atoms with van der Waals surface area (Å²) in [6.45, 7) is 2.75. The number of hydrogen-bond donors (Lipinski definition) is 2. The molecule has 19 heavy (non-hydrogen) atoms. The quantitative estimate of drug-likeness (QED) is 0.910. The third-order valence-corrected chi connectivity index (χ3v) is 3.21. The van der Waals surface area contributed by atoms with Crippen molar-refractivity contribution in [2.24, 2.45) is 0 Å². The maximum Gasteiger partial charge on any atom is 0.128 e. The van der Waals surface area contributed by atoms with Gasteiger partial charge in [-0.15, -0.1) is 0 Å². The molecule has 0 aliphatic heterocycles. The Hall–Kier alpha value is -1.36. The van der Waals surface area contributed by atoms with E-state index in [1.165, 1.54) is 0 Å². The molecule has 1 unspecified atom stereocenters. The molecule has 0 spiro atoms. The summed E-state index contributed by atoms with van der Waals surface area (Å²) in [5, 5.41) is 4.31. The highest BCUT2D eigenvalue weighted by molar-refractivity contribution is 6.34. The molecule has 0 saturated heterocycles. The molecule has 2 aromatic heterocycles. The van der Waals surface area contributed by atoms with Crippen LogP contribution in [0.1, 0.15) is 24.2 Å². The van der Waals surface area contributed by atoms with Gasteiger partial charge in [-0.2, -0.15) is 0 Å². The van der Waals surface area contributed by atoms with Crippen molar-refractivity contribution in [1.29, 1.82) is 0 Å². The van der Waals surface area contributed by atoms with Crippen LogP contribution in [0.3, 0.4) is 0 Å². The van der Waals surface area contributed by atoms with Crippen LogP contribution in [0.15, 0.2) is 30.6 Å². The zero-order valence-electron chi connectivity index (χ0n) is 10.4. The lowest BCUT2D eigenvalue weighted by molar-refractivity contribution is 0.616. The largest absolute Gasteiger partial charge is 0.383 e. The summed E-state index contributed by atoms with van der Waals surface area (Å²) >= 11 is 12.1. The van der Waals surface area contributed by atoms with E-state index < -0.39 is 0 Å². The summed E-state index contributed by atoms with van der Waals surface area (Å²) in [5.74, 6) is 0.460. The maximum atomic E-state index is 6.21. The molecule has 2 heterocycles. The molecule has 0 aliphatic rings. The van der Waals surface area contributed by atoms with Crippen molar-refractivity contribution in [3.8, 4) is 0 Å². The monoisotopic (exact) mass is 296 g/mol. The fourth-order valence-electron chi connectivity index (χ4n) is 1.87. The van der Waals surface area contributed by atoms with Crippen LogP contribution in [0.5, 0.6) is 0 Å². The van der Waals surface area contributed by atoms with Gasteiger partial charge >= 0.3 is 0 Å². The molecule has 0 bridgehead atoms. The smallest absolute Gasteiger partial charge is 0.128 e. The molecule has 0 fully saturated rings. The van der Waals surface area contributed by atoms with Gasteiger partial charge in [-0.3, -0.25) is 4.98 Å². The van der Waals surface area contributed by atoms with Crippen molar-refractivity contribution in [3.05, 3.63) is 51.9 Å². The average Bonchev–Trinajstić information content (AvgIpc) is 2.38. The van der Waals surface area contributed by atoms with Crippen molar-refractivity contribution in [3.63, 3.8) is 0 Å². The van der Waals surface area contributed by atoms with Gasteiger partial charge in [-0.1, -0.05) is 36.2 Å². The van der Waals surface area contributed by atoms with E-state index in [2.05, 4.69) is 15.3 Å². The van der Waals surface area contributed by atoms with Crippen LogP contribution in [-0.4, -0.2) is 16.5 Å². The fraction of sp³-hybridized carbons (Fsp3) is 0.231. The molecule has 4 nitrogen and oxygen atoms in total. The van der Waals surface area contributed by atoms with Gasteiger partial charge in [0, 0.05) is 18.0 Å². The summed E-state index contributed by atoms with van der Waals surface area (Å²) in [6, 6.07) is 5.20. The van der Waals surface area contributed by atoms with Crippen molar-refractivity contribution < 1.29 is 0 Å². The number of anilines is 1. The van der Waals surface area contributed by atoms with Gasteiger partial charge in [0.05, 0.1) is 21.8 Å². The Morgan fingerprint density at radius 1 is 1.37 bits per heavy atom. The summed E-state index contributed by atoms with van der Waals surface area (Å²) in [7, 11) is 0. The third-order valence-electron chi connectivity index (χ3n) is 2.70. The van der Waals surface area contributed by atoms with E-state index in [4.69, 9.17) is 28.9 Å². The Balaban J connectivity index is 2.48. The molecule has 2 aromatic rings. The van der Waals surface area contributed by atoms with Crippen LogP contribution in [0.25, 0.3) is 0 Å². The number of pyridine rings is 2. The first-order valence-corrected chi connectivity index (χ1v) is 6.63. The first-order chi connectivity index (χ1) is 9.13. The Morgan fingerprint density at radius 2 is 2.16 bits per heavy atom. The van der Waals surface area contributed by atoms with Gasteiger partial charge in [-0.05, 0) is 18.7 Å². The van der Waals surface area contributed by atoms with Gasteiger partial charge in [0.2, 0.25) is 0 Å². The highest BCUT2D eigenvalue weighted by Crippen LogP contribution is 2.30. The standard InChI is InChI=1S/C13H14Cl2N4/c1-2-17-11(9-4-3-5-18-13(9)16)12-10(15)6-8(14)7-19-12/h3-7,11,17H,2H2,1H3,(H2,16,18). The minimum atomic E-state index is -0.205. The number of halogens is 2. The zero-order chi connectivity index (χ0) is 13.8. The van der Waals surface area contributed by atoms with Crippen molar-refractivity contribution >= 4 is 29.0 Å². The SMILES string of the molecule is CCNC(c1cccnc1N)c1ncc(Cl)cc1Cl. The Labute approximate surface area is 122 Å². The molecule has 0 saturated carbocycles. The maximum absolute atomic E-state index is 6.21. The number of hydrogen-bond acceptors (Lipinski definition) is 4. The van der Waals surface area contributed by atoms with Crippen LogP contribution in [0.2, 0.25) is 10.0 Å². The van der Waals surface area contributed by atoms with Gasteiger partial charge in [0.1, 0.15) is 5.82 Å². The molecule has 0 aliphatic carbocycles. The first-order valence-electron chi connectivity index (χ1n) is 5.88. The highest BCUT2D eigenvalue weighted by atomic mass is 35.5. The van der Waals surface area contributed by atoms with E-state index in [0.717, 1.165) is 12.1 Å². The molecular formula is C13H14Cl2N4. The Morgan fingerprint density at radius 3 is 2.79 bits per heavy atom. The van der Waals surface area contributed by atoms with Gasteiger partial charge < -0.3 is 11.1 Å². The second-order valence-corrected chi connectivity index (χ2v) is 4.83. The molecule has 6 heteroatoms. The third kappa shape index (κ3) is 3.15. The van der Waals surface area contributed by atoms with Gasteiger partial charge in [-0.25, -0.2) is 4.98 Å². The minimum absolute atomic E-state index is 0.205. The summed E-state index contributed by atoms with van der Waals surface area (Å²) in [4.78, 5) is 8.40. The predicted molar refractivity (Wildman–Crippen MR) is 78.4 cm³/mol. The van der Waals surface area contributed by atoms with Crippen LogP contribution < -0.4 is 11.1 Å². The van der Waals surface area contributed by atoms with Gasteiger partial charge in [0.15, 0.2) is 0 Å². The van der Waals surface area contributed by atoms with E-state index in [1.807, 2.05) is 19.1 Å². The lowest BCUT2D eigenvalue weighted by Crippen LogP contribution is -2.24. The highest BCUT2D eigenvalue weighted by Gasteiger charge is 2.20. The molecule has 0 aromatic carbocycles. The minimum Gasteiger partial charge on any atom is -0.383 e. The van der Waals surface area contributed by atoms with E-state index in [-0.39, 0.29) is 6.04 Å². The molecule has 1 atom stereocenters. The number of aromatic nitrogens is 2. The molecular weight excluding hydrogens is 283 g/mol. The topological polar surface area (TPSA) is 63.8 Å². The Kier molecular flexibility index (Phi) is 4.58. The number of nitrogens with two attached hydrogens (primary N) is 1. The van der Waals surface area contributed by atoms with Crippen molar-refractivity contribution in [2.45, 2.75) is 13.0 Å². The molecule has 2 rings (SSSR count). The predicted octanol–water partition coefficient (Wildman–Crippen LogP) is 3.06.